The van der Waals surface area contributed by atoms with Crippen molar-refractivity contribution in [2.75, 3.05) is 6.61 Å². The van der Waals surface area contributed by atoms with Crippen LogP contribution in [0.1, 0.15) is 35.6 Å². The number of hydrogen-bond donors (Lipinski definition) is 0. The molecule has 6 rings (SSSR count). The van der Waals surface area contributed by atoms with E-state index in [1.54, 1.807) is 10.8 Å². The van der Waals surface area contributed by atoms with Gasteiger partial charge in [0.1, 0.15) is 35.1 Å². The van der Waals surface area contributed by atoms with Gasteiger partial charge in [0.2, 0.25) is 0 Å². The molecule has 12 heteroatoms. The van der Waals surface area contributed by atoms with Crippen molar-refractivity contribution in [3.63, 3.8) is 0 Å². The highest BCUT2D eigenvalue weighted by atomic mass is 35.5. The molecule has 1 atom stereocenters. The number of benzene rings is 3. The first-order valence-electron chi connectivity index (χ1n) is 14.9. The zero-order valence-electron chi connectivity index (χ0n) is 25.0. The van der Waals surface area contributed by atoms with Gasteiger partial charge < -0.3 is 28.7 Å². The quantitative estimate of drug-likeness (QED) is 0.0669. The highest BCUT2D eigenvalue weighted by Crippen LogP contribution is 2.38. The summed E-state index contributed by atoms with van der Waals surface area (Å²) in [4.78, 5) is 13.5. The molecule has 1 aliphatic rings. The number of alkyl halides is 2. The Morgan fingerprint density at radius 1 is 0.957 bits per heavy atom. The molecule has 0 radical (unpaired) electrons. The van der Waals surface area contributed by atoms with E-state index in [4.69, 9.17) is 37.4 Å². The monoisotopic (exact) mass is 682 g/mol. The summed E-state index contributed by atoms with van der Waals surface area (Å²) in [7, 11) is 0. The summed E-state index contributed by atoms with van der Waals surface area (Å²) in [6, 6.07) is 21.7. The van der Waals surface area contributed by atoms with Crippen molar-refractivity contribution in [2.45, 2.75) is 45.1 Å². The van der Waals surface area contributed by atoms with Gasteiger partial charge in [-0.25, -0.2) is 0 Å². The summed E-state index contributed by atoms with van der Waals surface area (Å²) in [5.74, 6) is 0.419. The fourth-order valence-corrected chi connectivity index (χ4v) is 5.74. The maximum Gasteiger partial charge on any atom is 0.387 e. The van der Waals surface area contributed by atoms with Crippen LogP contribution in [0.5, 0.6) is 17.2 Å². The average Bonchev–Trinajstić information content (AvgIpc) is 3.80. The van der Waals surface area contributed by atoms with E-state index in [-0.39, 0.29) is 34.5 Å². The number of ether oxygens (including phenoxy) is 4. The van der Waals surface area contributed by atoms with Crippen LogP contribution in [0.3, 0.4) is 0 Å². The SMILES string of the molecule is O=C(Cn1ccc2cc(OCc3ccccc3)ccc21)O[C@@H](Cc1c(Cl)c[n+]([O-])cc1Cl)c1ccc(OC(F)F)c(OCC2CC2)c1. The van der Waals surface area contributed by atoms with Crippen LogP contribution in [0.4, 0.5) is 8.78 Å². The molecule has 244 valence electrons. The maximum atomic E-state index is 13.5. The predicted octanol–water partition coefficient (Wildman–Crippen LogP) is 8.08. The van der Waals surface area contributed by atoms with E-state index >= 15 is 0 Å². The maximum absolute atomic E-state index is 13.5. The van der Waals surface area contributed by atoms with Gasteiger partial charge in [0.05, 0.1) is 6.61 Å². The van der Waals surface area contributed by atoms with Crippen LogP contribution in [-0.4, -0.2) is 23.8 Å². The van der Waals surface area contributed by atoms with E-state index in [0.717, 1.165) is 41.7 Å². The van der Waals surface area contributed by atoms with E-state index in [1.165, 1.54) is 18.2 Å². The molecular formula is C35H30Cl2F2N2O6. The molecule has 3 aromatic carbocycles. The Bertz CT molecular complexity index is 1840. The number of pyridine rings is 1. The number of nitrogens with zero attached hydrogens (tertiary/aromatic N) is 2. The number of aromatic nitrogens is 2. The number of rotatable bonds is 14. The number of fused-ring (bicyclic) bond motifs is 1. The molecule has 0 aliphatic heterocycles. The molecular weight excluding hydrogens is 653 g/mol. The van der Waals surface area contributed by atoms with Crippen molar-refractivity contribution < 1.29 is 37.3 Å². The molecule has 0 bridgehead atoms. The standard InChI is InChI=1S/C35H30Cl2F2N2O6/c36-28-17-41(43)18-29(37)27(28)16-32(25-8-11-31(47-35(38)39)33(15-25)45-21-23-6-7-23)46-34(42)19-40-13-12-24-14-26(9-10-30(24)40)44-20-22-4-2-1-3-5-22/h1-5,8-15,17-18,23,32,35H,6-7,16,19-21H2/t32-/m0/s1. The minimum absolute atomic E-state index is 0.00407. The van der Waals surface area contributed by atoms with Crippen molar-refractivity contribution in [2.24, 2.45) is 5.92 Å². The lowest BCUT2D eigenvalue weighted by molar-refractivity contribution is -0.605. The Labute approximate surface area is 279 Å². The number of carbonyl (C=O) groups is 1. The highest BCUT2D eigenvalue weighted by Gasteiger charge is 2.26. The molecule has 0 N–H and O–H groups in total. The van der Waals surface area contributed by atoms with Gasteiger partial charge >= 0.3 is 12.6 Å². The first-order chi connectivity index (χ1) is 22.7. The van der Waals surface area contributed by atoms with Crippen LogP contribution in [-0.2, 0) is 29.1 Å². The molecule has 47 heavy (non-hydrogen) atoms. The number of carbonyl (C=O) groups excluding carboxylic acids is 1. The Morgan fingerprint density at radius 3 is 2.45 bits per heavy atom. The van der Waals surface area contributed by atoms with Gasteiger partial charge in [-0.3, -0.25) is 4.79 Å². The molecule has 0 unspecified atom stereocenters. The minimum Gasteiger partial charge on any atom is -0.619 e. The Balaban J connectivity index is 1.23. The molecule has 2 aromatic heterocycles. The van der Waals surface area contributed by atoms with E-state index in [2.05, 4.69) is 4.74 Å². The van der Waals surface area contributed by atoms with Crippen molar-refractivity contribution in [1.29, 1.82) is 0 Å². The van der Waals surface area contributed by atoms with E-state index in [9.17, 15) is 18.8 Å². The van der Waals surface area contributed by atoms with Crippen LogP contribution in [0.2, 0.25) is 10.0 Å². The predicted molar refractivity (Wildman–Crippen MR) is 172 cm³/mol. The van der Waals surface area contributed by atoms with Crippen LogP contribution in [0.15, 0.2) is 91.4 Å². The minimum atomic E-state index is -3.05. The first kappa shape index (κ1) is 32.4. The third-order valence-electron chi connectivity index (χ3n) is 7.74. The number of esters is 1. The molecule has 0 amide bonds. The van der Waals surface area contributed by atoms with Gasteiger partial charge in [-0.2, -0.15) is 13.5 Å². The second kappa shape index (κ2) is 14.5. The normalized spacial score (nSPS) is 13.5. The summed E-state index contributed by atoms with van der Waals surface area (Å²) in [5.41, 5.74) is 2.66. The zero-order valence-corrected chi connectivity index (χ0v) is 26.5. The lowest BCUT2D eigenvalue weighted by Gasteiger charge is -2.22. The summed E-state index contributed by atoms with van der Waals surface area (Å²) < 4.78 is 51.0. The average molecular weight is 684 g/mol. The second-order valence-electron chi connectivity index (χ2n) is 11.3. The van der Waals surface area contributed by atoms with E-state index in [1.807, 2.05) is 54.6 Å². The third-order valence-corrected chi connectivity index (χ3v) is 8.39. The van der Waals surface area contributed by atoms with Crippen LogP contribution in [0, 0.1) is 11.1 Å². The van der Waals surface area contributed by atoms with Crippen molar-refractivity contribution in [3.05, 3.63) is 123 Å². The van der Waals surface area contributed by atoms with Crippen LogP contribution in [0.25, 0.3) is 10.9 Å². The second-order valence-corrected chi connectivity index (χ2v) is 12.1. The molecule has 1 aliphatic carbocycles. The van der Waals surface area contributed by atoms with E-state index < -0.39 is 18.7 Å². The van der Waals surface area contributed by atoms with Gasteiger partial charge in [-0.05, 0) is 66.3 Å². The van der Waals surface area contributed by atoms with Gasteiger partial charge in [0, 0.05) is 29.1 Å². The number of hydrogen-bond acceptors (Lipinski definition) is 6. The molecule has 0 spiro atoms. The molecule has 1 fully saturated rings. The van der Waals surface area contributed by atoms with Crippen molar-refractivity contribution in [3.8, 4) is 17.2 Å². The summed E-state index contributed by atoms with van der Waals surface area (Å²) in [6.45, 7) is -2.42. The fourth-order valence-electron chi connectivity index (χ4n) is 5.14. The van der Waals surface area contributed by atoms with E-state index in [0.29, 0.717) is 40.7 Å². The van der Waals surface area contributed by atoms with Gasteiger partial charge in [0.15, 0.2) is 23.9 Å². The number of halogens is 4. The zero-order chi connectivity index (χ0) is 32.9. The molecule has 0 saturated heterocycles. The van der Waals surface area contributed by atoms with Crippen molar-refractivity contribution in [1.82, 2.24) is 4.57 Å². The van der Waals surface area contributed by atoms with Gasteiger partial charge in [0.25, 0.3) is 0 Å². The van der Waals surface area contributed by atoms with Crippen LogP contribution >= 0.6 is 23.2 Å². The Hall–Kier alpha value is -4.54. The lowest BCUT2D eigenvalue weighted by atomic mass is 10.0. The Morgan fingerprint density at radius 2 is 1.72 bits per heavy atom. The molecule has 1 saturated carbocycles. The van der Waals surface area contributed by atoms with Gasteiger partial charge in [-0.15, -0.1) is 0 Å². The highest BCUT2D eigenvalue weighted by molar-refractivity contribution is 6.35. The molecule has 2 heterocycles. The summed E-state index contributed by atoms with van der Waals surface area (Å²) in [5, 5.41) is 12.9. The lowest BCUT2D eigenvalue weighted by Crippen LogP contribution is -2.26. The Kier molecular flexibility index (Phi) is 9.98. The largest absolute Gasteiger partial charge is 0.619 e. The van der Waals surface area contributed by atoms with Crippen LogP contribution < -0.4 is 18.9 Å². The van der Waals surface area contributed by atoms with Crippen molar-refractivity contribution >= 4 is 40.1 Å². The first-order valence-corrected chi connectivity index (χ1v) is 15.7. The van der Waals surface area contributed by atoms with Gasteiger partial charge in [-0.1, -0.05) is 59.6 Å². The third kappa shape index (κ3) is 8.44. The molecule has 5 aromatic rings. The summed E-state index contributed by atoms with van der Waals surface area (Å²) in [6.07, 6.45) is 5.08. The topological polar surface area (TPSA) is 85.9 Å². The summed E-state index contributed by atoms with van der Waals surface area (Å²) >= 11 is 12.7. The fraction of sp³-hybridized carbons (Fsp3) is 0.257. The smallest absolute Gasteiger partial charge is 0.387 e. The molecule has 8 nitrogen and oxygen atoms in total.